The van der Waals surface area contributed by atoms with Gasteiger partial charge in [0.05, 0.1) is 21.8 Å². The number of nitrogens with zero attached hydrogens (tertiary/aromatic N) is 1. The number of aryl methyl sites for hydroxylation is 1. The van der Waals surface area contributed by atoms with E-state index in [1.807, 2.05) is 19.1 Å². The monoisotopic (exact) mass is 423 g/mol. The molecule has 0 radical (unpaired) electrons. The Morgan fingerprint density at radius 3 is 2.27 bits per heavy atom. The number of rotatable bonds is 6. The van der Waals surface area contributed by atoms with Crippen LogP contribution in [0.4, 0.5) is 11.4 Å². The number of carbonyl (C=O) groups is 2. The third-order valence-electron chi connectivity index (χ3n) is 4.59. The van der Waals surface area contributed by atoms with Crippen LogP contribution in [0.2, 0.25) is 0 Å². The molecule has 0 fully saturated rings. The summed E-state index contributed by atoms with van der Waals surface area (Å²) in [5.41, 5.74) is 7.39. The van der Waals surface area contributed by atoms with Crippen molar-refractivity contribution in [3.05, 3.63) is 89.5 Å². The first-order valence-electron chi connectivity index (χ1n) is 9.06. The molecule has 0 saturated carbocycles. The minimum atomic E-state index is -3.88. The fourth-order valence-corrected chi connectivity index (χ4v) is 4.09. The average Bonchev–Trinajstić information content (AvgIpc) is 2.74. The predicted molar refractivity (Wildman–Crippen MR) is 116 cm³/mol. The summed E-state index contributed by atoms with van der Waals surface area (Å²) >= 11 is 0. The number of carbonyl (C=O) groups excluding carboxylic acids is 2. The molecule has 0 aliphatic carbocycles. The molecule has 0 bridgehead atoms. The number of para-hydroxylation sites is 1. The number of amides is 2. The molecule has 0 heterocycles. The largest absolute Gasteiger partial charge is 0.366 e. The van der Waals surface area contributed by atoms with E-state index in [2.05, 4.69) is 5.32 Å². The molecule has 0 saturated heterocycles. The Morgan fingerprint density at radius 1 is 0.933 bits per heavy atom. The first kappa shape index (κ1) is 21.1. The van der Waals surface area contributed by atoms with Crippen LogP contribution in [0.5, 0.6) is 0 Å². The standard InChI is InChI=1S/C22H21N3O4S/c1-15-10-12-17(13-11-15)25(2)30(28,29)18-7-5-6-16(14-18)22(27)24-20-9-4-3-8-19(20)21(23)26/h3-14H,1-2H3,(H2,23,26)(H,24,27). The second kappa shape index (κ2) is 8.38. The van der Waals surface area contributed by atoms with Crippen LogP contribution in [0.3, 0.4) is 0 Å². The Bertz CT molecular complexity index is 1210. The summed E-state index contributed by atoms with van der Waals surface area (Å²) in [7, 11) is -2.42. The number of anilines is 2. The second-order valence-electron chi connectivity index (χ2n) is 6.70. The van der Waals surface area contributed by atoms with Crippen molar-refractivity contribution in [2.45, 2.75) is 11.8 Å². The molecule has 2 amide bonds. The molecule has 3 rings (SSSR count). The van der Waals surface area contributed by atoms with Gasteiger partial charge in [-0.25, -0.2) is 8.42 Å². The number of nitrogens with one attached hydrogen (secondary N) is 1. The van der Waals surface area contributed by atoms with Crippen molar-refractivity contribution in [3.63, 3.8) is 0 Å². The summed E-state index contributed by atoms with van der Waals surface area (Å²) < 4.78 is 27.2. The molecule has 0 aliphatic heterocycles. The van der Waals surface area contributed by atoms with E-state index in [9.17, 15) is 18.0 Å². The molecular formula is C22H21N3O4S. The lowest BCUT2D eigenvalue weighted by Gasteiger charge is -2.20. The quantitative estimate of drug-likeness (QED) is 0.634. The van der Waals surface area contributed by atoms with Gasteiger partial charge in [-0.1, -0.05) is 35.9 Å². The summed E-state index contributed by atoms with van der Waals surface area (Å²) in [5, 5.41) is 2.61. The Hall–Kier alpha value is -3.65. The molecule has 3 aromatic rings. The van der Waals surface area contributed by atoms with Gasteiger partial charge in [-0.2, -0.15) is 0 Å². The Kier molecular flexibility index (Phi) is 5.89. The lowest BCUT2D eigenvalue weighted by Crippen LogP contribution is -2.27. The molecule has 7 nitrogen and oxygen atoms in total. The topological polar surface area (TPSA) is 110 Å². The number of nitrogens with two attached hydrogens (primary N) is 1. The molecule has 0 aliphatic rings. The summed E-state index contributed by atoms with van der Waals surface area (Å²) in [5.74, 6) is -1.24. The van der Waals surface area contributed by atoms with E-state index in [1.165, 1.54) is 37.4 Å². The Labute approximate surface area is 175 Å². The van der Waals surface area contributed by atoms with Crippen LogP contribution >= 0.6 is 0 Å². The fourth-order valence-electron chi connectivity index (χ4n) is 2.85. The van der Waals surface area contributed by atoms with Crippen LogP contribution in [-0.2, 0) is 10.0 Å². The summed E-state index contributed by atoms with van der Waals surface area (Å²) in [6.45, 7) is 1.91. The van der Waals surface area contributed by atoms with Crippen molar-refractivity contribution < 1.29 is 18.0 Å². The van der Waals surface area contributed by atoms with Gasteiger partial charge in [0.15, 0.2) is 0 Å². The smallest absolute Gasteiger partial charge is 0.264 e. The van der Waals surface area contributed by atoms with Crippen molar-refractivity contribution in [2.75, 3.05) is 16.7 Å². The Morgan fingerprint density at radius 2 is 1.60 bits per heavy atom. The number of hydrogen-bond acceptors (Lipinski definition) is 4. The van der Waals surface area contributed by atoms with Crippen LogP contribution in [0.1, 0.15) is 26.3 Å². The minimum absolute atomic E-state index is 0.0265. The van der Waals surface area contributed by atoms with Crippen LogP contribution in [0.25, 0.3) is 0 Å². The van der Waals surface area contributed by atoms with E-state index in [-0.39, 0.29) is 21.7 Å². The van der Waals surface area contributed by atoms with Gasteiger partial charge in [-0.3, -0.25) is 13.9 Å². The molecule has 3 N–H and O–H groups in total. The maximum absolute atomic E-state index is 13.0. The highest BCUT2D eigenvalue weighted by Crippen LogP contribution is 2.23. The van der Waals surface area contributed by atoms with Crippen LogP contribution < -0.4 is 15.4 Å². The second-order valence-corrected chi connectivity index (χ2v) is 8.67. The first-order chi connectivity index (χ1) is 14.2. The number of hydrogen-bond donors (Lipinski definition) is 2. The van der Waals surface area contributed by atoms with E-state index in [4.69, 9.17) is 5.73 Å². The third kappa shape index (κ3) is 4.33. The van der Waals surface area contributed by atoms with Crippen molar-refractivity contribution >= 4 is 33.2 Å². The normalized spacial score (nSPS) is 11.0. The lowest BCUT2D eigenvalue weighted by molar-refractivity contribution is 0.100. The highest BCUT2D eigenvalue weighted by Gasteiger charge is 2.22. The van der Waals surface area contributed by atoms with E-state index in [0.29, 0.717) is 5.69 Å². The van der Waals surface area contributed by atoms with E-state index in [0.717, 1.165) is 9.87 Å². The molecule has 0 atom stereocenters. The molecular weight excluding hydrogens is 402 g/mol. The molecule has 30 heavy (non-hydrogen) atoms. The average molecular weight is 423 g/mol. The molecule has 0 aromatic heterocycles. The van der Waals surface area contributed by atoms with Crippen molar-refractivity contribution in [3.8, 4) is 0 Å². The van der Waals surface area contributed by atoms with Crippen LogP contribution in [0.15, 0.2) is 77.7 Å². The highest BCUT2D eigenvalue weighted by atomic mass is 32.2. The Balaban J connectivity index is 1.89. The third-order valence-corrected chi connectivity index (χ3v) is 6.37. The van der Waals surface area contributed by atoms with Crippen molar-refractivity contribution in [1.29, 1.82) is 0 Å². The zero-order chi connectivity index (χ0) is 21.9. The van der Waals surface area contributed by atoms with E-state index < -0.39 is 21.8 Å². The van der Waals surface area contributed by atoms with Gasteiger partial charge in [-0.15, -0.1) is 0 Å². The van der Waals surface area contributed by atoms with Gasteiger partial charge in [0.1, 0.15) is 0 Å². The van der Waals surface area contributed by atoms with Gasteiger partial charge in [-0.05, 0) is 49.4 Å². The molecule has 0 spiro atoms. The number of sulfonamides is 1. The predicted octanol–water partition coefficient (Wildman–Crippen LogP) is 3.17. The van der Waals surface area contributed by atoms with Gasteiger partial charge >= 0.3 is 0 Å². The van der Waals surface area contributed by atoms with Gasteiger partial charge in [0, 0.05) is 12.6 Å². The maximum atomic E-state index is 13.0. The van der Waals surface area contributed by atoms with E-state index >= 15 is 0 Å². The summed E-state index contributed by atoms with van der Waals surface area (Å²) in [6.07, 6.45) is 0. The van der Waals surface area contributed by atoms with E-state index in [1.54, 1.807) is 30.3 Å². The highest BCUT2D eigenvalue weighted by molar-refractivity contribution is 7.92. The summed E-state index contributed by atoms with van der Waals surface area (Å²) in [6, 6.07) is 19.1. The zero-order valence-corrected chi connectivity index (χ0v) is 17.3. The van der Waals surface area contributed by atoms with Crippen molar-refractivity contribution in [2.24, 2.45) is 5.73 Å². The zero-order valence-electron chi connectivity index (χ0n) is 16.5. The fraction of sp³-hybridized carbons (Fsp3) is 0.0909. The van der Waals surface area contributed by atoms with Crippen LogP contribution in [-0.4, -0.2) is 27.3 Å². The van der Waals surface area contributed by atoms with Crippen molar-refractivity contribution in [1.82, 2.24) is 0 Å². The van der Waals surface area contributed by atoms with Gasteiger partial charge in [0.2, 0.25) is 0 Å². The minimum Gasteiger partial charge on any atom is -0.366 e. The number of primary amides is 1. The molecule has 3 aromatic carbocycles. The van der Waals surface area contributed by atoms with Gasteiger partial charge < -0.3 is 11.1 Å². The maximum Gasteiger partial charge on any atom is 0.264 e. The lowest BCUT2D eigenvalue weighted by atomic mass is 10.1. The molecule has 8 heteroatoms. The molecule has 154 valence electrons. The summed E-state index contributed by atoms with van der Waals surface area (Å²) in [4.78, 5) is 24.2. The van der Waals surface area contributed by atoms with Gasteiger partial charge in [0.25, 0.3) is 21.8 Å². The SMILES string of the molecule is Cc1ccc(N(C)S(=O)(=O)c2cccc(C(=O)Nc3ccccc3C(N)=O)c2)cc1. The first-order valence-corrected chi connectivity index (χ1v) is 10.5. The number of benzene rings is 3. The molecule has 0 unspecified atom stereocenters. The van der Waals surface area contributed by atoms with Crippen LogP contribution in [0, 0.1) is 6.92 Å².